The second-order valence-electron chi connectivity index (χ2n) is 4.48. The molecular weight excluding hydrogens is 318 g/mol. The van der Waals surface area contributed by atoms with Crippen molar-refractivity contribution in [2.24, 2.45) is 0 Å². The maximum Gasteiger partial charge on any atom is 0.259 e. The van der Waals surface area contributed by atoms with Gasteiger partial charge in [-0.05, 0) is 46.6 Å². The molecule has 0 aliphatic rings. The molecule has 1 heterocycles. The Kier molecular flexibility index (Phi) is 3.28. The summed E-state index contributed by atoms with van der Waals surface area (Å²) < 4.78 is 6.22. The first-order valence-corrected chi connectivity index (χ1v) is 6.89. The van der Waals surface area contributed by atoms with Crippen LogP contribution in [0.5, 0.6) is 0 Å². The molecule has 2 aromatic carbocycles. The maximum absolute atomic E-state index is 5.80. The van der Waals surface area contributed by atoms with Gasteiger partial charge in [-0.3, -0.25) is 0 Å². The van der Waals surface area contributed by atoms with Crippen LogP contribution in [0.2, 0.25) is 0 Å². The number of hydrogen-bond donors (Lipinski definition) is 1. The molecule has 1 aromatic heterocycles. The van der Waals surface area contributed by atoms with Gasteiger partial charge in [-0.25, -0.2) is 0 Å². The first-order chi connectivity index (χ1) is 9.65. The van der Waals surface area contributed by atoms with Crippen LogP contribution in [0.1, 0.15) is 5.56 Å². The van der Waals surface area contributed by atoms with Crippen molar-refractivity contribution in [3.05, 3.63) is 52.5 Å². The molecular formula is C15H12BrN3O. The minimum absolute atomic E-state index is 0.447. The van der Waals surface area contributed by atoms with Gasteiger partial charge < -0.3 is 10.3 Å². The van der Waals surface area contributed by atoms with Gasteiger partial charge >= 0.3 is 0 Å². The Hall–Kier alpha value is -2.14. The second-order valence-corrected chi connectivity index (χ2v) is 5.33. The van der Waals surface area contributed by atoms with Crippen LogP contribution in [0.4, 0.5) is 5.69 Å². The highest BCUT2D eigenvalue weighted by molar-refractivity contribution is 9.10. The summed E-state index contributed by atoms with van der Waals surface area (Å²) in [6, 6.07) is 13.4. The highest BCUT2D eigenvalue weighted by Gasteiger charge is 2.14. The van der Waals surface area contributed by atoms with E-state index >= 15 is 0 Å². The van der Waals surface area contributed by atoms with E-state index in [-0.39, 0.29) is 0 Å². The normalized spacial score (nSPS) is 10.7. The third kappa shape index (κ3) is 2.32. The Labute approximate surface area is 124 Å². The topological polar surface area (TPSA) is 64.9 Å². The molecule has 5 heteroatoms. The Morgan fingerprint density at radius 1 is 1.10 bits per heavy atom. The zero-order valence-electron chi connectivity index (χ0n) is 10.8. The monoisotopic (exact) mass is 329 g/mol. The zero-order chi connectivity index (χ0) is 14.1. The fourth-order valence-electron chi connectivity index (χ4n) is 1.97. The number of halogens is 1. The van der Waals surface area contributed by atoms with Gasteiger partial charge in [0.05, 0.1) is 5.56 Å². The summed E-state index contributed by atoms with van der Waals surface area (Å²) in [5.41, 5.74) is 9.30. The van der Waals surface area contributed by atoms with Gasteiger partial charge in [0.2, 0.25) is 5.82 Å². The second kappa shape index (κ2) is 5.09. The summed E-state index contributed by atoms with van der Waals surface area (Å²) in [7, 11) is 0. The molecule has 0 bridgehead atoms. The van der Waals surface area contributed by atoms with E-state index in [4.69, 9.17) is 10.3 Å². The Morgan fingerprint density at radius 3 is 2.70 bits per heavy atom. The van der Waals surface area contributed by atoms with Gasteiger partial charge in [-0.2, -0.15) is 4.98 Å². The summed E-state index contributed by atoms with van der Waals surface area (Å²) >= 11 is 3.46. The van der Waals surface area contributed by atoms with E-state index in [1.54, 1.807) is 6.07 Å². The van der Waals surface area contributed by atoms with E-state index in [1.165, 1.54) is 0 Å². The number of benzene rings is 2. The van der Waals surface area contributed by atoms with Crippen LogP contribution >= 0.6 is 15.9 Å². The van der Waals surface area contributed by atoms with E-state index < -0.39 is 0 Å². The SMILES string of the molecule is Cc1ccccc1-c1noc(-c2cc(N)ccc2Br)n1. The predicted molar refractivity (Wildman–Crippen MR) is 82.0 cm³/mol. The van der Waals surface area contributed by atoms with E-state index in [0.717, 1.165) is 21.2 Å². The minimum Gasteiger partial charge on any atom is -0.399 e. The number of rotatable bonds is 2. The lowest BCUT2D eigenvalue weighted by atomic mass is 10.1. The number of aryl methyl sites for hydroxylation is 1. The number of nitrogen functional groups attached to an aromatic ring is 1. The van der Waals surface area contributed by atoms with Crippen molar-refractivity contribution in [3.63, 3.8) is 0 Å². The summed E-state index contributed by atoms with van der Waals surface area (Å²) in [4.78, 5) is 4.45. The molecule has 20 heavy (non-hydrogen) atoms. The Bertz CT molecular complexity index is 767. The predicted octanol–water partition coefficient (Wildman–Crippen LogP) is 4.06. The molecule has 4 nitrogen and oxygen atoms in total. The van der Waals surface area contributed by atoms with Crippen LogP contribution in [-0.4, -0.2) is 10.1 Å². The van der Waals surface area contributed by atoms with Crippen LogP contribution in [0.3, 0.4) is 0 Å². The molecule has 0 saturated carbocycles. The van der Waals surface area contributed by atoms with Crippen LogP contribution < -0.4 is 5.73 Å². The van der Waals surface area contributed by atoms with E-state index in [2.05, 4.69) is 26.1 Å². The van der Waals surface area contributed by atoms with Gasteiger partial charge in [0, 0.05) is 15.7 Å². The lowest BCUT2D eigenvalue weighted by molar-refractivity contribution is 0.432. The van der Waals surface area contributed by atoms with Gasteiger partial charge in [0.1, 0.15) is 0 Å². The van der Waals surface area contributed by atoms with E-state index in [0.29, 0.717) is 17.4 Å². The molecule has 0 spiro atoms. The molecule has 3 rings (SSSR count). The van der Waals surface area contributed by atoms with Crippen LogP contribution in [-0.2, 0) is 0 Å². The van der Waals surface area contributed by atoms with Crippen molar-refractivity contribution in [3.8, 4) is 22.8 Å². The van der Waals surface area contributed by atoms with Crippen molar-refractivity contribution < 1.29 is 4.52 Å². The number of aromatic nitrogens is 2. The lowest BCUT2D eigenvalue weighted by Crippen LogP contribution is -1.88. The summed E-state index contributed by atoms with van der Waals surface area (Å²) in [6.45, 7) is 2.02. The summed E-state index contributed by atoms with van der Waals surface area (Å²) in [5, 5.41) is 4.05. The van der Waals surface area contributed by atoms with Crippen LogP contribution in [0.25, 0.3) is 22.8 Å². The smallest absolute Gasteiger partial charge is 0.259 e. The highest BCUT2D eigenvalue weighted by atomic mass is 79.9. The molecule has 0 aliphatic heterocycles. The molecule has 0 unspecified atom stereocenters. The average Bonchev–Trinajstić information content (AvgIpc) is 2.91. The summed E-state index contributed by atoms with van der Waals surface area (Å²) in [6.07, 6.45) is 0. The number of nitrogens with zero attached hydrogens (tertiary/aromatic N) is 2. The fraction of sp³-hybridized carbons (Fsp3) is 0.0667. The van der Waals surface area contributed by atoms with Gasteiger partial charge in [0.25, 0.3) is 5.89 Å². The third-order valence-electron chi connectivity index (χ3n) is 3.03. The first kappa shape index (κ1) is 12.9. The third-order valence-corrected chi connectivity index (χ3v) is 3.72. The standard InChI is InChI=1S/C15H12BrN3O/c1-9-4-2-3-5-11(9)14-18-15(20-19-14)12-8-10(17)6-7-13(12)16/h2-8H,17H2,1H3. The molecule has 0 atom stereocenters. The summed E-state index contributed by atoms with van der Waals surface area (Å²) in [5.74, 6) is 1.02. The van der Waals surface area contributed by atoms with Gasteiger partial charge in [-0.1, -0.05) is 29.4 Å². The van der Waals surface area contributed by atoms with Crippen molar-refractivity contribution in [1.29, 1.82) is 0 Å². The van der Waals surface area contributed by atoms with Crippen molar-refractivity contribution in [1.82, 2.24) is 10.1 Å². The van der Waals surface area contributed by atoms with Crippen molar-refractivity contribution in [2.75, 3.05) is 5.73 Å². The molecule has 0 amide bonds. The van der Waals surface area contributed by atoms with E-state index in [9.17, 15) is 0 Å². The van der Waals surface area contributed by atoms with Crippen molar-refractivity contribution in [2.45, 2.75) is 6.92 Å². The maximum atomic E-state index is 5.80. The van der Waals surface area contributed by atoms with Gasteiger partial charge in [-0.15, -0.1) is 0 Å². The van der Waals surface area contributed by atoms with Crippen LogP contribution in [0.15, 0.2) is 51.5 Å². The Balaban J connectivity index is 2.07. The average molecular weight is 330 g/mol. The quantitative estimate of drug-likeness (QED) is 0.720. The first-order valence-electron chi connectivity index (χ1n) is 6.10. The van der Waals surface area contributed by atoms with Gasteiger partial charge in [0.15, 0.2) is 0 Å². The van der Waals surface area contributed by atoms with Crippen LogP contribution in [0, 0.1) is 6.92 Å². The number of anilines is 1. The van der Waals surface area contributed by atoms with Crippen molar-refractivity contribution >= 4 is 21.6 Å². The zero-order valence-corrected chi connectivity index (χ0v) is 12.4. The number of nitrogens with two attached hydrogens (primary N) is 1. The lowest BCUT2D eigenvalue weighted by Gasteiger charge is -2.00. The molecule has 0 aliphatic carbocycles. The molecule has 0 saturated heterocycles. The fourth-order valence-corrected chi connectivity index (χ4v) is 2.39. The molecule has 100 valence electrons. The van der Waals surface area contributed by atoms with E-state index in [1.807, 2.05) is 43.3 Å². The molecule has 0 fully saturated rings. The largest absolute Gasteiger partial charge is 0.399 e. The Morgan fingerprint density at radius 2 is 1.90 bits per heavy atom. The number of hydrogen-bond acceptors (Lipinski definition) is 4. The minimum atomic E-state index is 0.447. The molecule has 3 aromatic rings. The molecule has 2 N–H and O–H groups in total. The highest BCUT2D eigenvalue weighted by Crippen LogP contribution is 2.30. The molecule has 0 radical (unpaired) electrons.